The van der Waals surface area contributed by atoms with Crippen molar-refractivity contribution in [2.24, 2.45) is 0 Å². The van der Waals surface area contributed by atoms with E-state index in [9.17, 15) is 4.79 Å². The summed E-state index contributed by atoms with van der Waals surface area (Å²) in [5.74, 6) is 0.956. The van der Waals surface area contributed by atoms with Crippen LogP contribution in [0.1, 0.15) is 31.9 Å². The van der Waals surface area contributed by atoms with Crippen molar-refractivity contribution in [2.75, 3.05) is 42.3 Å². The Bertz CT molecular complexity index is 1100. The molecular weight excluding hydrogens is 434 g/mol. The second-order valence-electron chi connectivity index (χ2n) is 9.19. The molecule has 0 radical (unpaired) electrons. The number of thioether (sulfide) groups is 1. The normalized spacial score (nSPS) is 14.4. The highest BCUT2D eigenvalue weighted by atomic mass is 32.2. The van der Waals surface area contributed by atoms with E-state index < -0.39 is 0 Å². The van der Waals surface area contributed by atoms with Crippen LogP contribution in [0.2, 0.25) is 0 Å². The molecule has 0 bridgehead atoms. The highest BCUT2D eigenvalue weighted by Crippen LogP contribution is 2.30. The van der Waals surface area contributed by atoms with Crippen LogP contribution in [-0.4, -0.2) is 52.7 Å². The Morgan fingerprint density at radius 3 is 2.45 bits per heavy atom. The second-order valence-corrected chi connectivity index (χ2v) is 10.1. The Kier molecular flexibility index (Phi) is 7.05. The van der Waals surface area contributed by atoms with Crippen LogP contribution in [0.25, 0.3) is 5.69 Å². The van der Waals surface area contributed by atoms with Crippen molar-refractivity contribution >= 4 is 29.3 Å². The number of morpholine rings is 1. The van der Waals surface area contributed by atoms with Crippen molar-refractivity contribution in [3.63, 3.8) is 0 Å². The van der Waals surface area contributed by atoms with Gasteiger partial charge in [-0.15, -0.1) is 10.2 Å². The Hall–Kier alpha value is -2.84. The van der Waals surface area contributed by atoms with E-state index >= 15 is 0 Å². The van der Waals surface area contributed by atoms with Gasteiger partial charge in [0.25, 0.3) is 0 Å². The lowest BCUT2D eigenvalue weighted by atomic mass is 9.86. The van der Waals surface area contributed by atoms with E-state index in [1.807, 2.05) is 22.8 Å². The van der Waals surface area contributed by atoms with Crippen molar-refractivity contribution in [1.29, 1.82) is 0 Å². The molecule has 8 heteroatoms. The number of ether oxygens (including phenoxy) is 1. The van der Waals surface area contributed by atoms with Crippen LogP contribution in [0.15, 0.2) is 53.7 Å². The molecule has 0 unspecified atom stereocenters. The van der Waals surface area contributed by atoms with Crippen molar-refractivity contribution < 1.29 is 9.53 Å². The first-order valence-electron chi connectivity index (χ1n) is 11.2. The minimum absolute atomic E-state index is 0.0598. The van der Waals surface area contributed by atoms with E-state index in [2.05, 4.69) is 78.4 Å². The number of nitrogens with one attached hydrogen (secondary N) is 1. The van der Waals surface area contributed by atoms with Crippen LogP contribution in [0, 0.1) is 6.92 Å². The topological polar surface area (TPSA) is 72.3 Å². The van der Waals surface area contributed by atoms with Gasteiger partial charge in [0.05, 0.1) is 24.7 Å². The third kappa shape index (κ3) is 5.57. The Morgan fingerprint density at radius 2 is 1.76 bits per heavy atom. The Balaban J connectivity index is 1.54. The third-order valence-corrected chi connectivity index (χ3v) is 6.47. The molecule has 1 aliphatic heterocycles. The average molecular weight is 466 g/mol. The van der Waals surface area contributed by atoms with Crippen molar-refractivity contribution in [2.45, 2.75) is 38.3 Å². The zero-order valence-electron chi connectivity index (χ0n) is 19.7. The molecular formula is C25H31N5O2S. The first kappa shape index (κ1) is 23.3. The van der Waals surface area contributed by atoms with E-state index in [-0.39, 0.29) is 17.1 Å². The van der Waals surface area contributed by atoms with Crippen LogP contribution in [0.4, 0.5) is 11.6 Å². The molecule has 4 rings (SSSR count). The molecule has 1 fully saturated rings. The predicted octanol–water partition coefficient (Wildman–Crippen LogP) is 4.44. The lowest BCUT2D eigenvalue weighted by Crippen LogP contribution is -2.37. The maximum absolute atomic E-state index is 12.8. The molecule has 33 heavy (non-hydrogen) atoms. The molecule has 1 amide bonds. The number of nitrogens with zero attached hydrogens (tertiary/aromatic N) is 4. The minimum atomic E-state index is -0.0666. The SMILES string of the molecule is Cc1ccc(-n2c(SCC(=O)Nc3ccccc3C(C)(C)C)nnc2N2CCOCC2)cc1. The number of benzene rings is 2. The molecule has 1 saturated heterocycles. The van der Waals surface area contributed by atoms with Gasteiger partial charge in [0, 0.05) is 18.8 Å². The van der Waals surface area contributed by atoms with Crippen LogP contribution >= 0.6 is 11.8 Å². The first-order chi connectivity index (χ1) is 15.8. The van der Waals surface area contributed by atoms with Crippen molar-refractivity contribution in [3.8, 4) is 5.69 Å². The average Bonchev–Trinajstić information content (AvgIpc) is 3.22. The molecule has 1 aliphatic rings. The van der Waals surface area contributed by atoms with Crippen molar-refractivity contribution in [3.05, 3.63) is 59.7 Å². The van der Waals surface area contributed by atoms with Gasteiger partial charge >= 0.3 is 0 Å². The van der Waals surface area contributed by atoms with E-state index in [1.54, 1.807) is 0 Å². The van der Waals surface area contributed by atoms with Crippen LogP contribution in [0.3, 0.4) is 0 Å². The summed E-state index contributed by atoms with van der Waals surface area (Å²) in [6.45, 7) is 11.3. The Labute approximate surface area is 199 Å². The molecule has 1 aromatic heterocycles. The zero-order chi connectivity index (χ0) is 23.4. The zero-order valence-corrected chi connectivity index (χ0v) is 20.5. The summed E-state index contributed by atoms with van der Waals surface area (Å²) in [6.07, 6.45) is 0. The number of hydrogen-bond acceptors (Lipinski definition) is 6. The Morgan fingerprint density at radius 1 is 1.06 bits per heavy atom. The van der Waals surface area contributed by atoms with Gasteiger partial charge in [-0.3, -0.25) is 9.36 Å². The molecule has 0 aliphatic carbocycles. The van der Waals surface area contributed by atoms with Crippen LogP contribution in [-0.2, 0) is 14.9 Å². The number of para-hydroxylation sites is 1. The van der Waals surface area contributed by atoms with Gasteiger partial charge in [-0.1, -0.05) is 68.4 Å². The van der Waals surface area contributed by atoms with Gasteiger partial charge in [0.2, 0.25) is 11.9 Å². The number of rotatable bonds is 6. The monoisotopic (exact) mass is 465 g/mol. The summed E-state index contributed by atoms with van der Waals surface area (Å²) in [4.78, 5) is 15.0. The van der Waals surface area contributed by atoms with Crippen LogP contribution < -0.4 is 10.2 Å². The summed E-state index contributed by atoms with van der Waals surface area (Å²) in [7, 11) is 0. The second kappa shape index (κ2) is 9.97. The minimum Gasteiger partial charge on any atom is -0.378 e. The van der Waals surface area contributed by atoms with Gasteiger partial charge in [0.1, 0.15) is 0 Å². The fraction of sp³-hybridized carbons (Fsp3) is 0.400. The molecule has 2 aromatic carbocycles. The highest BCUT2D eigenvalue weighted by Gasteiger charge is 2.23. The molecule has 0 saturated carbocycles. The summed E-state index contributed by atoms with van der Waals surface area (Å²) >= 11 is 1.39. The lowest BCUT2D eigenvalue weighted by Gasteiger charge is -2.28. The summed E-state index contributed by atoms with van der Waals surface area (Å²) in [6, 6.07) is 16.2. The van der Waals surface area contributed by atoms with E-state index in [1.165, 1.54) is 17.3 Å². The van der Waals surface area contributed by atoms with Crippen molar-refractivity contribution in [1.82, 2.24) is 14.8 Å². The standard InChI is InChI=1S/C25H31N5O2S/c1-18-9-11-19(12-10-18)30-23(29-13-15-32-16-14-29)27-28-24(30)33-17-22(31)26-21-8-6-5-7-20(21)25(2,3)4/h5-12H,13-17H2,1-4H3,(H,26,31). The number of anilines is 2. The fourth-order valence-corrected chi connectivity index (χ4v) is 4.55. The van der Waals surface area contributed by atoms with E-state index in [4.69, 9.17) is 4.74 Å². The largest absolute Gasteiger partial charge is 0.378 e. The third-order valence-electron chi connectivity index (χ3n) is 5.54. The smallest absolute Gasteiger partial charge is 0.234 e. The fourth-order valence-electron chi connectivity index (χ4n) is 3.81. The number of hydrogen-bond donors (Lipinski definition) is 1. The molecule has 3 aromatic rings. The maximum atomic E-state index is 12.8. The number of aromatic nitrogens is 3. The predicted molar refractivity (Wildman–Crippen MR) is 134 cm³/mol. The molecule has 0 atom stereocenters. The lowest BCUT2D eigenvalue weighted by molar-refractivity contribution is -0.113. The van der Waals surface area contributed by atoms with Gasteiger partial charge in [-0.2, -0.15) is 0 Å². The summed E-state index contributed by atoms with van der Waals surface area (Å²) in [5.41, 5.74) is 4.07. The van der Waals surface area contributed by atoms with E-state index in [0.717, 1.165) is 36.0 Å². The summed E-state index contributed by atoms with van der Waals surface area (Å²) < 4.78 is 7.53. The quantitative estimate of drug-likeness (QED) is 0.543. The first-order valence-corrected chi connectivity index (χ1v) is 12.2. The molecule has 7 nitrogen and oxygen atoms in total. The van der Waals surface area contributed by atoms with Crippen LogP contribution in [0.5, 0.6) is 0 Å². The summed E-state index contributed by atoms with van der Waals surface area (Å²) in [5, 5.41) is 12.7. The molecule has 174 valence electrons. The highest BCUT2D eigenvalue weighted by molar-refractivity contribution is 7.99. The number of carbonyl (C=O) groups is 1. The maximum Gasteiger partial charge on any atom is 0.234 e. The molecule has 2 heterocycles. The molecule has 1 N–H and O–H groups in total. The van der Waals surface area contributed by atoms with Gasteiger partial charge < -0.3 is 15.0 Å². The van der Waals surface area contributed by atoms with E-state index in [0.29, 0.717) is 18.4 Å². The number of carbonyl (C=O) groups excluding carboxylic acids is 1. The number of amides is 1. The molecule has 0 spiro atoms. The van der Waals surface area contributed by atoms with Gasteiger partial charge in [-0.05, 0) is 36.1 Å². The van der Waals surface area contributed by atoms with Gasteiger partial charge in [-0.25, -0.2) is 0 Å². The van der Waals surface area contributed by atoms with Gasteiger partial charge in [0.15, 0.2) is 5.16 Å². The number of aryl methyl sites for hydroxylation is 1.